The van der Waals surface area contributed by atoms with Crippen LogP contribution in [0, 0.1) is 5.92 Å². The van der Waals surface area contributed by atoms with Gasteiger partial charge in [0.15, 0.2) is 0 Å². The molecule has 0 aromatic heterocycles. The highest BCUT2D eigenvalue weighted by atomic mass is 32.2. The van der Waals surface area contributed by atoms with Crippen LogP contribution >= 0.6 is 11.8 Å². The quantitative estimate of drug-likeness (QED) is 0.0851. The predicted octanol–water partition coefficient (Wildman–Crippen LogP) is -1.72. The molecule has 0 saturated carbocycles. The largest absolute Gasteiger partial charge is 0.480 e. The summed E-state index contributed by atoms with van der Waals surface area (Å²) in [6.07, 6.45) is 3.74. The summed E-state index contributed by atoms with van der Waals surface area (Å²) >= 11 is 1.43. The van der Waals surface area contributed by atoms with Gasteiger partial charge in [0.25, 0.3) is 0 Å². The lowest BCUT2D eigenvalue weighted by molar-refractivity contribution is -0.142. The van der Waals surface area contributed by atoms with Crippen molar-refractivity contribution in [3.8, 4) is 0 Å². The molecule has 37 heavy (non-hydrogen) atoms. The Labute approximate surface area is 222 Å². The van der Waals surface area contributed by atoms with Crippen molar-refractivity contribution >= 4 is 41.4 Å². The highest BCUT2D eigenvalue weighted by molar-refractivity contribution is 7.98. The molecule has 0 unspecified atom stereocenters. The number of carbonyl (C=O) groups is 5. The van der Waals surface area contributed by atoms with E-state index in [2.05, 4.69) is 21.3 Å². The number of carbonyl (C=O) groups excluding carboxylic acids is 4. The van der Waals surface area contributed by atoms with E-state index >= 15 is 0 Å². The Kier molecular flexibility index (Phi) is 17.5. The Morgan fingerprint density at radius 2 is 1.38 bits per heavy atom. The molecule has 0 rings (SSSR count). The minimum absolute atomic E-state index is 0.151. The monoisotopic (exact) mass is 548 g/mol. The number of aliphatic hydroxyl groups is 1. The Hall–Kier alpha value is -2.42. The molecule has 214 valence electrons. The third kappa shape index (κ3) is 14.2. The molecule has 0 fully saturated rings. The molecule has 0 heterocycles. The minimum Gasteiger partial charge on any atom is -0.480 e. The first-order valence-electron chi connectivity index (χ1n) is 12.4. The van der Waals surface area contributed by atoms with Crippen molar-refractivity contribution in [3.05, 3.63) is 0 Å². The fraction of sp³-hybridized carbons (Fsp3) is 0.783. The van der Waals surface area contributed by atoms with E-state index < -0.39 is 66.4 Å². The zero-order valence-corrected chi connectivity index (χ0v) is 22.9. The van der Waals surface area contributed by atoms with Gasteiger partial charge in [-0.2, -0.15) is 11.8 Å². The van der Waals surface area contributed by atoms with E-state index in [4.69, 9.17) is 11.5 Å². The van der Waals surface area contributed by atoms with Crippen LogP contribution in [0.15, 0.2) is 0 Å². The number of aliphatic hydroxyl groups excluding tert-OH is 1. The van der Waals surface area contributed by atoms with Crippen LogP contribution in [-0.2, 0) is 24.0 Å². The summed E-state index contributed by atoms with van der Waals surface area (Å²) in [4.78, 5) is 61.8. The van der Waals surface area contributed by atoms with E-state index in [0.29, 0.717) is 31.6 Å². The van der Waals surface area contributed by atoms with Crippen LogP contribution < -0.4 is 32.7 Å². The van der Waals surface area contributed by atoms with Gasteiger partial charge < -0.3 is 42.9 Å². The molecular formula is C23H44N6O7S. The molecule has 0 radical (unpaired) electrons. The summed E-state index contributed by atoms with van der Waals surface area (Å²) in [6, 6.07) is -5.45. The van der Waals surface area contributed by atoms with Crippen LogP contribution in [0.3, 0.4) is 0 Å². The number of carboxylic acids is 1. The number of nitrogens with two attached hydrogens (primary N) is 2. The average Bonchev–Trinajstić information content (AvgIpc) is 2.83. The first kappa shape index (κ1) is 34.6. The van der Waals surface area contributed by atoms with Gasteiger partial charge in [0.05, 0.1) is 12.6 Å². The van der Waals surface area contributed by atoms with Crippen molar-refractivity contribution in [2.75, 3.05) is 25.2 Å². The van der Waals surface area contributed by atoms with Crippen molar-refractivity contribution < 1.29 is 34.2 Å². The smallest absolute Gasteiger partial charge is 0.326 e. The Morgan fingerprint density at radius 1 is 0.811 bits per heavy atom. The summed E-state index contributed by atoms with van der Waals surface area (Å²) in [5, 5.41) is 28.8. The molecule has 13 nitrogen and oxygen atoms in total. The second-order valence-corrected chi connectivity index (χ2v) is 10.2. The molecule has 0 aromatic carbocycles. The molecule has 0 spiro atoms. The maximum Gasteiger partial charge on any atom is 0.326 e. The molecule has 0 aliphatic heterocycles. The number of unbranched alkanes of at least 4 members (excludes halogenated alkanes) is 1. The minimum atomic E-state index is -1.32. The van der Waals surface area contributed by atoms with Gasteiger partial charge in [-0.15, -0.1) is 0 Å². The van der Waals surface area contributed by atoms with E-state index in [1.165, 1.54) is 18.7 Å². The van der Waals surface area contributed by atoms with Crippen LogP contribution in [-0.4, -0.2) is 95.2 Å². The highest BCUT2D eigenvalue weighted by Crippen LogP contribution is 2.05. The third-order valence-electron chi connectivity index (χ3n) is 5.43. The van der Waals surface area contributed by atoms with Crippen LogP contribution in [0.1, 0.15) is 52.9 Å². The van der Waals surface area contributed by atoms with E-state index in [-0.39, 0.29) is 18.8 Å². The molecule has 0 saturated heterocycles. The number of aliphatic carboxylic acids is 1. The lowest BCUT2D eigenvalue weighted by Gasteiger charge is -2.25. The van der Waals surface area contributed by atoms with Gasteiger partial charge in [0, 0.05) is 0 Å². The highest BCUT2D eigenvalue weighted by Gasteiger charge is 2.30. The van der Waals surface area contributed by atoms with Crippen molar-refractivity contribution in [3.63, 3.8) is 0 Å². The zero-order chi connectivity index (χ0) is 28.5. The molecule has 10 N–H and O–H groups in total. The van der Waals surface area contributed by atoms with Gasteiger partial charge in [0.1, 0.15) is 24.2 Å². The second kappa shape index (κ2) is 18.8. The number of thioether (sulfide) groups is 1. The number of rotatable bonds is 19. The Bertz CT molecular complexity index is 755. The van der Waals surface area contributed by atoms with Crippen LogP contribution in [0.25, 0.3) is 0 Å². The van der Waals surface area contributed by atoms with Crippen molar-refractivity contribution in [1.29, 1.82) is 0 Å². The molecular weight excluding hydrogens is 504 g/mol. The number of amides is 4. The maximum atomic E-state index is 12.9. The molecule has 4 amide bonds. The second-order valence-electron chi connectivity index (χ2n) is 9.24. The fourth-order valence-electron chi connectivity index (χ4n) is 3.29. The van der Waals surface area contributed by atoms with Crippen molar-refractivity contribution in [2.45, 2.75) is 83.1 Å². The zero-order valence-electron chi connectivity index (χ0n) is 22.1. The summed E-state index contributed by atoms with van der Waals surface area (Å²) in [7, 11) is 0. The van der Waals surface area contributed by atoms with Gasteiger partial charge in [-0.3, -0.25) is 19.2 Å². The fourth-order valence-corrected chi connectivity index (χ4v) is 3.76. The molecule has 0 aliphatic rings. The van der Waals surface area contributed by atoms with Crippen molar-refractivity contribution in [1.82, 2.24) is 21.3 Å². The standard InChI is InChI=1S/C23H44N6O7S/c1-13(2)11-15(25)20(32)29-18(12-30)22(34)27-16(8-10-37-4)21(33)26-14(3)19(31)28-17(23(35)36)7-5-6-9-24/h13-18,30H,5-12,24-25H2,1-4H3,(H,26,33)(H,27,34)(H,28,31)(H,29,32)(H,35,36)/t14-,15-,16-,17-,18-/m0/s1. The SMILES string of the molecule is CSCC[C@H](NC(=O)[C@H](CO)NC(=O)[C@@H](N)CC(C)C)C(=O)N[C@@H](C)C(=O)N[C@@H](CCCCN)C(=O)O. The molecule has 0 bridgehead atoms. The number of carboxylic acid groups (broad SMARTS) is 1. The lowest BCUT2D eigenvalue weighted by atomic mass is 10.0. The van der Waals surface area contributed by atoms with Gasteiger partial charge >= 0.3 is 5.97 Å². The average molecular weight is 549 g/mol. The normalized spacial score (nSPS) is 15.1. The topological polar surface area (TPSA) is 226 Å². The number of hydrogen-bond donors (Lipinski definition) is 8. The van der Waals surface area contributed by atoms with Gasteiger partial charge in [0.2, 0.25) is 23.6 Å². The van der Waals surface area contributed by atoms with Crippen molar-refractivity contribution in [2.24, 2.45) is 17.4 Å². The van der Waals surface area contributed by atoms with Gasteiger partial charge in [-0.1, -0.05) is 13.8 Å². The third-order valence-corrected chi connectivity index (χ3v) is 6.08. The number of hydrogen-bond acceptors (Lipinski definition) is 9. The van der Waals surface area contributed by atoms with E-state index in [1.54, 1.807) is 0 Å². The summed E-state index contributed by atoms with van der Waals surface area (Å²) in [6.45, 7) is 4.88. The molecule has 5 atom stereocenters. The van der Waals surface area contributed by atoms with Crippen LogP contribution in [0.2, 0.25) is 0 Å². The number of nitrogens with one attached hydrogen (secondary N) is 4. The van der Waals surface area contributed by atoms with E-state index in [1.807, 2.05) is 20.1 Å². The van der Waals surface area contributed by atoms with E-state index in [9.17, 15) is 34.2 Å². The summed E-state index contributed by atoms with van der Waals surface area (Å²) in [5.41, 5.74) is 11.3. The molecule has 0 aromatic rings. The van der Waals surface area contributed by atoms with Crippen LogP contribution in [0.5, 0.6) is 0 Å². The van der Waals surface area contributed by atoms with Gasteiger partial charge in [-0.25, -0.2) is 4.79 Å². The van der Waals surface area contributed by atoms with Crippen LogP contribution in [0.4, 0.5) is 0 Å². The molecule has 0 aliphatic carbocycles. The lowest BCUT2D eigenvalue weighted by Crippen LogP contribution is -2.58. The molecule has 14 heteroatoms. The first-order valence-corrected chi connectivity index (χ1v) is 13.8. The Balaban J connectivity index is 5.20. The predicted molar refractivity (Wildman–Crippen MR) is 141 cm³/mol. The Morgan fingerprint density at radius 3 is 1.89 bits per heavy atom. The van der Waals surface area contributed by atoms with Gasteiger partial charge in [-0.05, 0) is 63.5 Å². The van der Waals surface area contributed by atoms with E-state index in [0.717, 1.165) is 0 Å². The first-order chi connectivity index (χ1) is 17.4. The maximum absolute atomic E-state index is 12.9. The summed E-state index contributed by atoms with van der Waals surface area (Å²) in [5.74, 6) is -3.29. The summed E-state index contributed by atoms with van der Waals surface area (Å²) < 4.78 is 0.